The Morgan fingerprint density at radius 3 is 2.39 bits per heavy atom. The normalized spacial score (nSPS) is 17.9. The fourth-order valence-corrected chi connectivity index (χ4v) is 3.30. The molecule has 2 N–H and O–H groups in total. The Labute approximate surface area is 147 Å². The lowest BCUT2D eigenvalue weighted by Crippen LogP contribution is -2.34. The molecule has 2 unspecified atom stereocenters. The maximum absolute atomic E-state index is 12.3. The SMILES string of the molecule is CCc1ccc(C(C)NC(=O)CC(C)C2CCNCC2)cc1.Cl. The largest absolute Gasteiger partial charge is 0.350 e. The highest BCUT2D eigenvalue weighted by Gasteiger charge is 2.22. The van der Waals surface area contributed by atoms with Crippen LogP contribution in [0.5, 0.6) is 0 Å². The van der Waals surface area contributed by atoms with Gasteiger partial charge in [0.05, 0.1) is 6.04 Å². The first-order chi connectivity index (χ1) is 10.6. The summed E-state index contributed by atoms with van der Waals surface area (Å²) in [6.45, 7) is 8.63. The molecular formula is C19H31ClN2O. The molecule has 1 amide bonds. The molecule has 2 rings (SSSR count). The third-order valence-corrected chi connectivity index (χ3v) is 4.96. The number of benzene rings is 1. The number of halogens is 1. The van der Waals surface area contributed by atoms with Crippen molar-refractivity contribution in [3.8, 4) is 0 Å². The van der Waals surface area contributed by atoms with Gasteiger partial charge in [0.25, 0.3) is 0 Å². The van der Waals surface area contributed by atoms with Crippen molar-refractivity contribution >= 4 is 18.3 Å². The highest BCUT2D eigenvalue weighted by atomic mass is 35.5. The van der Waals surface area contributed by atoms with Crippen LogP contribution in [0.1, 0.15) is 57.2 Å². The molecule has 1 fully saturated rings. The van der Waals surface area contributed by atoms with E-state index in [2.05, 4.69) is 55.7 Å². The smallest absolute Gasteiger partial charge is 0.220 e. The number of hydrogen-bond acceptors (Lipinski definition) is 2. The number of rotatable bonds is 6. The highest BCUT2D eigenvalue weighted by molar-refractivity contribution is 5.85. The molecular weight excluding hydrogens is 308 g/mol. The first-order valence-corrected chi connectivity index (χ1v) is 8.69. The van der Waals surface area contributed by atoms with Crippen molar-refractivity contribution < 1.29 is 4.79 Å². The van der Waals surface area contributed by atoms with E-state index in [1.54, 1.807) is 0 Å². The van der Waals surface area contributed by atoms with Gasteiger partial charge >= 0.3 is 0 Å². The van der Waals surface area contributed by atoms with Gasteiger partial charge in [-0.1, -0.05) is 38.1 Å². The Balaban J connectivity index is 0.00000264. The Morgan fingerprint density at radius 2 is 1.83 bits per heavy atom. The number of carbonyl (C=O) groups is 1. The van der Waals surface area contributed by atoms with Crippen LogP contribution in [0, 0.1) is 11.8 Å². The van der Waals surface area contributed by atoms with Gasteiger partial charge in [-0.25, -0.2) is 0 Å². The number of amides is 1. The van der Waals surface area contributed by atoms with Crippen LogP contribution >= 0.6 is 12.4 Å². The van der Waals surface area contributed by atoms with E-state index in [1.807, 2.05) is 0 Å². The zero-order valence-electron chi connectivity index (χ0n) is 14.6. The van der Waals surface area contributed by atoms with E-state index in [4.69, 9.17) is 0 Å². The lowest BCUT2D eigenvalue weighted by molar-refractivity contribution is -0.123. The van der Waals surface area contributed by atoms with Crippen LogP contribution < -0.4 is 10.6 Å². The van der Waals surface area contributed by atoms with E-state index in [1.165, 1.54) is 24.0 Å². The third-order valence-electron chi connectivity index (χ3n) is 4.96. The molecule has 130 valence electrons. The minimum atomic E-state index is 0. The summed E-state index contributed by atoms with van der Waals surface area (Å²) in [5.74, 6) is 1.33. The Hall–Kier alpha value is -1.06. The maximum Gasteiger partial charge on any atom is 0.220 e. The van der Waals surface area contributed by atoms with Crippen LogP contribution in [0.3, 0.4) is 0 Å². The van der Waals surface area contributed by atoms with Gasteiger partial charge in [0.2, 0.25) is 5.91 Å². The number of carbonyl (C=O) groups excluding carboxylic acids is 1. The van der Waals surface area contributed by atoms with Crippen LogP contribution in [0.2, 0.25) is 0 Å². The van der Waals surface area contributed by atoms with Crippen LogP contribution in [0.25, 0.3) is 0 Å². The molecule has 23 heavy (non-hydrogen) atoms. The zero-order chi connectivity index (χ0) is 15.9. The number of piperidine rings is 1. The molecule has 0 radical (unpaired) electrons. The monoisotopic (exact) mass is 338 g/mol. The van der Waals surface area contributed by atoms with Crippen molar-refractivity contribution in [3.63, 3.8) is 0 Å². The quantitative estimate of drug-likeness (QED) is 0.826. The summed E-state index contributed by atoms with van der Waals surface area (Å²) >= 11 is 0. The van der Waals surface area contributed by atoms with Gasteiger partial charge in [0, 0.05) is 6.42 Å². The van der Waals surface area contributed by atoms with Crippen molar-refractivity contribution in [1.82, 2.24) is 10.6 Å². The number of hydrogen-bond donors (Lipinski definition) is 2. The van der Waals surface area contributed by atoms with Gasteiger partial charge in [0.15, 0.2) is 0 Å². The van der Waals surface area contributed by atoms with Crippen LogP contribution in [0.15, 0.2) is 24.3 Å². The van der Waals surface area contributed by atoms with Gasteiger partial charge in [-0.2, -0.15) is 0 Å². The number of nitrogens with one attached hydrogen (secondary N) is 2. The van der Waals surface area contributed by atoms with Gasteiger partial charge in [0.1, 0.15) is 0 Å². The standard InChI is InChI=1S/C19H30N2O.ClH/c1-4-16-5-7-18(8-6-16)15(3)21-19(22)13-14(2)17-9-11-20-12-10-17;/h5-8,14-15,17,20H,4,9-13H2,1-3H3,(H,21,22);1H. The molecule has 1 heterocycles. The summed E-state index contributed by atoms with van der Waals surface area (Å²) in [5, 5.41) is 6.53. The first kappa shape index (κ1) is 20.0. The molecule has 1 aliphatic rings. The van der Waals surface area contributed by atoms with Crippen molar-refractivity contribution in [2.24, 2.45) is 11.8 Å². The summed E-state index contributed by atoms with van der Waals surface area (Å²) < 4.78 is 0. The molecule has 1 saturated heterocycles. The van der Waals surface area contributed by atoms with E-state index in [0.29, 0.717) is 18.3 Å². The lowest BCUT2D eigenvalue weighted by atomic mass is 9.84. The van der Waals surface area contributed by atoms with Crippen molar-refractivity contribution in [1.29, 1.82) is 0 Å². The summed E-state index contributed by atoms with van der Waals surface area (Å²) in [4.78, 5) is 12.3. The molecule has 3 nitrogen and oxygen atoms in total. The molecule has 1 aromatic rings. The predicted octanol–water partition coefficient (Wildman–Crippen LogP) is 3.87. The van der Waals surface area contributed by atoms with Crippen molar-refractivity contribution in [2.45, 2.75) is 52.5 Å². The molecule has 0 aromatic heterocycles. The predicted molar refractivity (Wildman–Crippen MR) is 99.0 cm³/mol. The summed E-state index contributed by atoms with van der Waals surface area (Å²) in [6.07, 6.45) is 4.09. The second-order valence-corrected chi connectivity index (χ2v) is 6.65. The summed E-state index contributed by atoms with van der Waals surface area (Å²) in [5.41, 5.74) is 2.52. The van der Waals surface area contributed by atoms with Gasteiger partial charge in [-0.05, 0) is 62.2 Å². The van der Waals surface area contributed by atoms with E-state index >= 15 is 0 Å². The topological polar surface area (TPSA) is 41.1 Å². The van der Waals surface area contributed by atoms with E-state index in [0.717, 1.165) is 19.5 Å². The summed E-state index contributed by atoms with van der Waals surface area (Å²) in [7, 11) is 0. The average molecular weight is 339 g/mol. The Kier molecular flexibility index (Phi) is 8.64. The third kappa shape index (κ3) is 6.15. The van der Waals surface area contributed by atoms with Gasteiger partial charge < -0.3 is 10.6 Å². The van der Waals surface area contributed by atoms with Crippen LogP contribution in [0.4, 0.5) is 0 Å². The molecule has 0 saturated carbocycles. The first-order valence-electron chi connectivity index (χ1n) is 8.69. The fourth-order valence-electron chi connectivity index (χ4n) is 3.30. The second kappa shape index (κ2) is 9.94. The number of aryl methyl sites for hydroxylation is 1. The molecule has 0 spiro atoms. The van der Waals surface area contributed by atoms with Gasteiger partial charge in [-0.3, -0.25) is 4.79 Å². The van der Waals surface area contributed by atoms with Crippen molar-refractivity contribution in [2.75, 3.05) is 13.1 Å². The molecule has 1 aliphatic heterocycles. The molecule has 1 aromatic carbocycles. The minimum absolute atomic E-state index is 0. The second-order valence-electron chi connectivity index (χ2n) is 6.65. The minimum Gasteiger partial charge on any atom is -0.350 e. The zero-order valence-corrected chi connectivity index (χ0v) is 15.4. The molecule has 0 aliphatic carbocycles. The summed E-state index contributed by atoms with van der Waals surface area (Å²) in [6, 6.07) is 8.63. The molecule has 4 heteroatoms. The maximum atomic E-state index is 12.3. The van der Waals surface area contributed by atoms with Gasteiger partial charge in [-0.15, -0.1) is 12.4 Å². The lowest BCUT2D eigenvalue weighted by Gasteiger charge is -2.28. The molecule has 2 atom stereocenters. The molecule has 0 bridgehead atoms. The van der Waals surface area contributed by atoms with Crippen molar-refractivity contribution in [3.05, 3.63) is 35.4 Å². The Bertz CT molecular complexity index is 469. The van der Waals surface area contributed by atoms with E-state index in [9.17, 15) is 4.79 Å². The highest BCUT2D eigenvalue weighted by Crippen LogP contribution is 2.24. The fraction of sp³-hybridized carbons (Fsp3) is 0.632. The average Bonchev–Trinajstić information content (AvgIpc) is 2.55. The van der Waals surface area contributed by atoms with E-state index < -0.39 is 0 Å². The van der Waals surface area contributed by atoms with E-state index in [-0.39, 0.29) is 24.4 Å². The van der Waals surface area contributed by atoms with Crippen LogP contribution in [-0.4, -0.2) is 19.0 Å². The Morgan fingerprint density at radius 1 is 1.22 bits per heavy atom. The van der Waals surface area contributed by atoms with Crippen LogP contribution in [-0.2, 0) is 11.2 Å².